The van der Waals surface area contributed by atoms with Gasteiger partial charge in [-0.15, -0.1) is 0 Å². The van der Waals surface area contributed by atoms with Crippen LogP contribution in [0.2, 0.25) is 0 Å². The minimum Gasteiger partial charge on any atom is -0.496 e. The molecule has 3 heterocycles. The van der Waals surface area contributed by atoms with Crippen molar-refractivity contribution in [3.05, 3.63) is 53.9 Å². The van der Waals surface area contributed by atoms with Crippen LogP contribution in [0.5, 0.6) is 11.5 Å². The van der Waals surface area contributed by atoms with Gasteiger partial charge in [0, 0.05) is 51.2 Å². The third-order valence-corrected chi connectivity index (χ3v) is 6.34. The Labute approximate surface area is 167 Å². The summed E-state index contributed by atoms with van der Waals surface area (Å²) in [4.78, 5) is 6.66. The van der Waals surface area contributed by atoms with Crippen LogP contribution in [-0.2, 0) is 11.3 Å². The van der Waals surface area contributed by atoms with Crippen molar-refractivity contribution in [1.82, 2.24) is 9.88 Å². The Hall–Kier alpha value is -2.11. The molecule has 2 aromatic rings. The van der Waals surface area contributed by atoms with Gasteiger partial charge in [0.25, 0.3) is 0 Å². The SMILES string of the molecule is COc1ccc(CN2CC(COc3ccncc3)C3(CCOCC3)C2)cc1C. The number of benzene rings is 1. The number of aromatic nitrogens is 1. The number of aryl methyl sites for hydroxylation is 1. The van der Waals surface area contributed by atoms with Crippen LogP contribution in [0.25, 0.3) is 0 Å². The van der Waals surface area contributed by atoms with Gasteiger partial charge in [0.2, 0.25) is 0 Å². The smallest absolute Gasteiger partial charge is 0.122 e. The van der Waals surface area contributed by atoms with Crippen LogP contribution < -0.4 is 9.47 Å². The fraction of sp³-hybridized carbons (Fsp3) is 0.522. The third-order valence-electron chi connectivity index (χ3n) is 6.34. The van der Waals surface area contributed by atoms with E-state index in [1.165, 1.54) is 11.1 Å². The molecule has 5 nitrogen and oxygen atoms in total. The second-order valence-electron chi connectivity index (χ2n) is 8.14. The largest absolute Gasteiger partial charge is 0.496 e. The first-order valence-electron chi connectivity index (χ1n) is 10.1. The number of pyridine rings is 1. The first kappa shape index (κ1) is 19.2. The van der Waals surface area contributed by atoms with Crippen LogP contribution in [0.4, 0.5) is 0 Å². The van der Waals surface area contributed by atoms with Gasteiger partial charge in [-0.3, -0.25) is 9.88 Å². The minimum atomic E-state index is 0.298. The fourth-order valence-corrected chi connectivity index (χ4v) is 4.77. The Morgan fingerprint density at radius 2 is 1.96 bits per heavy atom. The lowest BCUT2D eigenvalue weighted by atomic mass is 9.72. The summed E-state index contributed by atoms with van der Waals surface area (Å²) in [6.45, 7) is 7.74. The lowest BCUT2D eigenvalue weighted by Gasteiger charge is -2.38. The molecule has 0 radical (unpaired) electrons. The maximum absolute atomic E-state index is 6.14. The van der Waals surface area contributed by atoms with Gasteiger partial charge < -0.3 is 14.2 Å². The Bertz CT molecular complexity index is 775. The van der Waals surface area contributed by atoms with Crippen molar-refractivity contribution < 1.29 is 14.2 Å². The van der Waals surface area contributed by atoms with E-state index in [9.17, 15) is 0 Å². The van der Waals surface area contributed by atoms with Gasteiger partial charge in [0.15, 0.2) is 0 Å². The number of ether oxygens (including phenoxy) is 3. The van der Waals surface area contributed by atoms with Crippen LogP contribution in [-0.4, -0.2) is 49.9 Å². The average molecular weight is 383 g/mol. The van der Waals surface area contributed by atoms with Gasteiger partial charge in [0.05, 0.1) is 13.7 Å². The molecule has 28 heavy (non-hydrogen) atoms. The Kier molecular flexibility index (Phi) is 5.83. The molecule has 0 saturated carbocycles. The van der Waals surface area contributed by atoms with Gasteiger partial charge in [-0.2, -0.15) is 0 Å². The second-order valence-corrected chi connectivity index (χ2v) is 8.14. The van der Waals surface area contributed by atoms with Gasteiger partial charge in [-0.25, -0.2) is 0 Å². The van der Waals surface area contributed by atoms with E-state index in [2.05, 4.69) is 35.0 Å². The molecule has 2 fully saturated rings. The molecule has 2 aliphatic heterocycles. The Morgan fingerprint density at radius 3 is 2.68 bits per heavy atom. The molecular weight excluding hydrogens is 352 g/mol. The summed E-state index contributed by atoms with van der Waals surface area (Å²) in [5.74, 6) is 2.38. The zero-order chi connectivity index (χ0) is 19.4. The first-order valence-corrected chi connectivity index (χ1v) is 10.1. The van der Waals surface area contributed by atoms with Crippen molar-refractivity contribution in [2.45, 2.75) is 26.3 Å². The molecule has 1 aromatic carbocycles. The molecule has 0 N–H and O–H groups in total. The third kappa shape index (κ3) is 4.15. The zero-order valence-corrected chi connectivity index (χ0v) is 16.9. The van der Waals surface area contributed by atoms with Crippen molar-refractivity contribution in [2.24, 2.45) is 11.3 Å². The normalized spacial score (nSPS) is 21.7. The van der Waals surface area contributed by atoms with E-state index in [0.29, 0.717) is 11.3 Å². The van der Waals surface area contributed by atoms with Crippen LogP contribution in [0.15, 0.2) is 42.7 Å². The van der Waals surface area contributed by atoms with Gasteiger partial charge in [0.1, 0.15) is 11.5 Å². The minimum absolute atomic E-state index is 0.298. The highest BCUT2D eigenvalue weighted by Crippen LogP contribution is 2.45. The summed E-state index contributed by atoms with van der Waals surface area (Å²) >= 11 is 0. The van der Waals surface area contributed by atoms with Crippen molar-refractivity contribution in [2.75, 3.05) is 40.0 Å². The number of nitrogens with zero attached hydrogens (tertiary/aromatic N) is 2. The molecule has 150 valence electrons. The van der Waals surface area contributed by atoms with Crippen LogP contribution in [0, 0.1) is 18.3 Å². The predicted molar refractivity (Wildman–Crippen MR) is 109 cm³/mol. The van der Waals surface area contributed by atoms with Crippen molar-refractivity contribution in [1.29, 1.82) is 0 Å². The summed E-state index contributed by atoms with van der Waals surface area (Å²) in [6, 6.07) is 10.4. The van der Waals surface area contributed by atoms with E-state index < -0.39 is 0 Å². The lowest BCUT2D eigenvalue weighted by Crippen LogP contribution is -2.39. The van der Waals surface area contributed by atoms with Crippen molar-refractivity contribution in [3.63, 3.8) is 0 Å². The summed E-state index contributed by atoms with van der Waals surface area (Å²) in [7, 11) is 1.73. The van der Waals surface area contributed by atoms with Crippen LogP contribution in [0.1, 0.15) is 24.0 Å². The van der Waals surface area contributed by atoms with E-state index in [4.69, 9.17) is 14.2 Å². The number of hydrogen-bond donors (Lipinski definition) is 0. The molecule has 1 aromatic heterocycles. The fourth-order valence-electron chi connectivity index (χ4n) is 4.77. The predicted octanol–water partition coefficient (Wildman–Crippen LogP) is 3.71. The van der Waals surface area contributed by atoms with E-state index >= 15 is 0 Å². The van der Waals surface area contributed by atoms with Crippen molar-refractivity contribution in [3.8, 4) is 11.5 Å². The number of rotatable bonds is 6. The molecule has 2 aliphatic rings. The van der Waals surface area contributed by atoms with Crippen molar-refractivity contribution >= 4 is 0 Å². The molecule has 2 saturated heterocycles. The second kappa shape index (κ2) is 8.50. The highest BCUT2D eigenvalue weighted by molar-refractivity contribution is 5.36. The van der Waals surface area contributed by atoms with Gasteiger partial charge >= 0.3 is 0 Å². The highest BCUT2D eigenvalue weighted by atomic mass is 16.5. The molecular formula is C23H30N2O3. The molecule has 0 amide bonds. The lowest BCUT2D eigenvalue weighted by molar-refractivity contribution is -0.00941. The molecule has 1 atom stereocenters. The zero-order valence-electron chi connectivity index (χ0n) is 16.9. The van der Waals surface area contributed by atoms with Gasteiger partial charge in [-0.1, -0.05) is 12.1 Å². The van der Waals surface area contributed by atoms with E-state index in [1.54, 1.807) is 19.5 Å². The maximum Gasteiger partial charge on any atom is 0.122 e. The first-order chi connectivity index (χ1) is 13.7. The quantitative estimate of drug-likeness (QED) is 0.762. The molecule has 1 spiro atoms. The summed E-state index contributed by atoms with van der Waals surface area (Å²) < 4.78 is 17.2. The topological polar surface area (TPSA) is 43.8 Å². The van der Waals surface area contributed by atoms with Gasteiger partial charge in [-0.05, 0) is 54.5 Å². The van der Waals surface area contributed by atoms with Crippen LogP contribution in [0.3, 0.4) is 0 Å². The average Bonchev–Trinajstić information content (AvgIpc) is 3.04. The maximum atomic E-state index is 6.14. The molecule has 1 unspecified atom stereocenters. The molecule has 4 rings (SSSR count). The van der Waals surface area contributed by atoms with Crippen LogP contribution >= 0.6 is 0 Å². The van der Waals surface area contributed by atoms with E-state index in [0.717, 1.165) is 63.8 Å². The summed E-state index contributed by atoms with van der Waals surface area (Å²) in [6.07, 6.45) is 5.81. The highest BCUT2D eigenvalue weighted by Gasteiger charge is 2.47. The Morgan fingerprint density at radius 1 is 1.18 bits per heavy atom. The molecule has 0 bridgehead atoms. The van der Waals surface area contributed by atoms with E-state index in [1.807, 2.05) is 12.1 Å². The summed E-state index contributed by atoms with van der Waals surface area (Å²) in [5, 5.41) is 0. The molecule has 5 heteroatoms. The number of methoxy groups -OCH3 is 1. The summed E-state index contributed by atoms with van der Waals surface area (Å²) in [5.41, 5.74) is 2.83. The standard InChI is InChI=1S/C23H30N2O3/c1-18-13-19(3-4-22(18)26-2)14-25-15-20(16-28-21-5-9-24-10-6-21)23(17-25)7-11-27-12-8-23/h3-6,9-10,13,20H,7-8,11-12,14-17H2,1-2H3. The Balaban J connectivity index is 1.45. The van der Waals surface area contributed by atoms with E-state index in [-0.39, 0.29) is 0 Å². The number of hydrogen-bond acceptors (Lipinski definition) is 5. The monoisotopic (exact) mass is 382 g/mol. The molecule has 0 aliphatic carbocycles. The number of likely N-dealkylation sites (tertiary alicyclic amines) is 1.